The van der Waals surface area contributed by atoms with Gasteiger partial charge in [0.1, 0.15) is 10.8 Å². The summed E-state index contributed by atoms with van der Waals surface area (Å²) in [5.74, 6) is -0.400. The second-order valence-corrected chi connectivity index (χ2v) is 5.25. The highest BCUT2D eigenvalue weighted by molar-refractivity contribution is 9.10. The summed E-state index contributed by atoms with van der Waals surface area (Å²) >= 11 is 8.97. The molecular weight excluding hydrogens is 351 g/mol. The average molecular weight is 360 g/mol. The van der Waals surface area contributed by atoms with Gasteiger partial charge < -0.3 is 5.32 Å². The van der Waals surface area contributed by atoms with Crippen LogP contribution in [0.15, 0.2) is 40.9 Å². The Morgan fingerprint density at radius 1 is 1.35 bits per heavy atom. The zero-order valence-electron chi connectivity index (χ0n) is 10.1. The van der Waals surface area contributed by atoms with E-state index in [1.807, 2.05) is 0 Å². The van der Waals surface area contributed by atoms with Gasteiger partial charge >= 0.3 is 0 Å². The van der Waals surface area contributed by atoms with Crippen molar-refractivity contribution in [1.29, 1.82) is 0 Å². The van der Waals surface area contributed by atoms with Gasteiger partial charge in [0.25, 0.3) is 5.69 Å². The van der Waals surface area contributed by atoms with Crippen molar-refractivity contribution in [3.63, 3.8) is 0 Å². The second-order valence-electron chi connectivity index (χ2n) is 3.99. The lowest BCUT2D eigenvalue weighted by Gasteiger charge is -2.09. The van der Waals surface area contributed by atoms with Crippen molar-refractivity contribution >= 4 is 38.9 Å². The first-order chi connectivity index (χ1) is 9.49. The Labute approximate surface area is 127 Å². The average Bonchev–Trinajstić information content (AvgIpc) is 2.39. The zero-order chi connectivity index (χ0) is 14.7. The molecule has 0 atom stereocenters. The molecule has 0 aliphatic heterocycles. The molecular formula is C13H9BrClFN2O2. The Balaban J connectivity index is 2.19. The van der Waals surface area contributed by atoms with E-state index in [0.717, 1.165) is 0 Å². The van der Waals surface area contributed by atoms with Gasteiger partial charge in [-0.05, 0) is 39.7 Å². The molecule has 104 valence electrons. The highest BCUT2D eigenvalue weighted by atomic mass is 79.9. The summed E-state index contributed by atoms with van der Waals surface area (Å²) in [6.45, 7) is 0.248. The monoisotopic (exact) mass is 358 g/mol. The Bertz CT molecular complexity index is 647. The van der Waals surface area contributed by atoms with Crippen molar-refractivity contribution in [2.75, 3.05) is 5.32 Å². The molecule has 0 aliphatic carbocycles. The van der Waals surface area contributed by atoms with Gasteiger partial charge in [0, 0.05) is 17.1 Å². The van der Waals surface area contributed by atoms with E-state index >= 15 is 0 Å². The molecule has 0 radical (unpaired) electrons. The highest BCUT2D eigenvalue weighted by Gasteiger charge is 2.13. The lowest BCUT2D eigenvalue weighted by atomic mass is 10.2. The predicted molar refractivity (Wildman–Crippen MR) is 79.5 cm³/mol. The largest absolute Gasteiger partial charge is 0.378 e. The van der Waals surface area contributed by atoms with Crippen LogP contribution in [0.3, 0.4) is 0 Å². The van der Waals surface area contributed by atoms with Gasteiger partial charge in [0.15, 0.2) is 0 Å². The zero-order valence-corrected chi connectivity index (χ0v) is 12.4. The summed E-state index contributed by atoms with van der Waals surface area (Å²) in [5, 5.41) is 13.8. The number of hydrogen-bond acceptors (Lipinski definition) is 3. The third-order valence-electron chi connectivity index (χ3n) is 2.64. The Morgan fingerprint density at radius 2 is 2.10 bits per heavy atom. The summed E-state index contributed by atoms with van der Waals surface area (Å²) in [6, 6.07) is 9.08. The molecule has 0 unspecified atom stereocenters. The molecule has 2 aromatic rings. The van der Waals surface area contributed by atoms with Crippen molar-refractivity contribution < 1.29 is 9.31 Å². The van der Waals surface area contributed by atoms with Crippen LogP contribution in [-0.2, 0) is 6.54 Å². The first-order valence-electron chi connectivity index (χ1n) is 5.59. The highest BCUT2D eigenvalue weighted by Crippen LogP contribution is 2.28. The fourth-order valence-electron chi connectivity index (χ4n) is 1.67. The molecule has 7 heteroatoms. The van der Waals surface area contributed by atoms with E-state index in [4.69, 9.17) is 11.6 Å². The van der Waals surface area contributed by atoms with Crippen LogP contribution >= 0.6 is 27.5 Å². The second kappa shape index (κ2) is 6.19. The first-order valence-corrected chi connectivity index (χ1v) is 6.77. The minimum Gasteiger partial charge on any atom is -0.378 e. The van der Waals surface area contributed by atoms with Crippen LogP contribution in [0.2, 0.25) is 5.02 Å². The molecule has 4 nitrogen and oxygen atoms in total. The lowest BCUT2D eigenvalue weighted by molar-refractivity contribution is -0.384. The molecule has 0 bridgehead atoms. The number of hydrogen-bond donors (Lipinski definition) is 1. The van der Waals surface area contributed by atoms with Crippen LogP contribution in [0.1, 0.15) is 5.56 Å². The number of halogens is 3. The Morgan fingerprint density at radius 3 is 2.75 bits per heavy atom. The van der Waals surface area contributed by atoms with Gasteiger partial charge in [-0.3, -0.25) is 10.1 Å². The quantitative estimate of drug-likeness (QED) is 0.632. The standard InChI is InChI=1S/C13H9BrClFN2O2/c14-9-2-1-3-11(16)13(9)17-7-8-4-5-10(15)12(6-8)18(19)20/h1-6,17H,7H2. The summed E-state index contributed by atoms with van der Waals surface area (Å²) in [4.78, 5) is 10.2. The third kappa shape index (κ3) is 3.26. The smallest absolute Gasteiger partial charge is 0.288 e. The number of nitrogens with zero attached hydrogens (tertiary/aromatic N) is 1. The molecule has 2 rings (SSSR count). The third-order valence-corrected chi connectivity index (χ3v) is 3.62. The van der Waals surface area contributed by atoms with Crippen LogP contribution in [0.5, 0.6) is 0 Å². The topological polar surface area (TPSA) is 55.2 Å². The maximum Gasteiger partial charge on any atom is 0.288 e. The summed E-state index contributed by atoms with van der Waals surface area (Å²) < 4.78 is 14.2. The number of nitrogens with one attached hydrogen (secondary N) is 1. The van der Waals surface area contributed by atoms with Crippen molar-refractivity contribution in [2.24, 2.45) is 0 Å². The normalized spacial score (nSPS) is 10.3. The van der Waals surface area contributed by atoms with E-state index in [1.165, 1.54) is 18.2 Å². The molecule has 0 spiro atoms. The fraction of sp³-hybridized carbons (Fsp3) is 0.0769. The van der Waals surface area contributed by atoms with Crippen molar-refractivity contribution in [3.8, 4) is 0 Å². The van der Waals surface area contributed by atoms with Gasteiger partial charge in [0.05, 0.1) is 10.6 Å². The molecule has 20 heavy (non-hydrogen) atoms. The Hall–Kier alpha value is -1.66. The van der Waals surface area contributed by atoms with Gasteiger partial charge in [-0.15, -0.1) is 0 Å². The van der Waals surface area contributed by atoms with E-state index in [-0.39, 0.29) is 17.3 Å². The Kier molecular flexibility index (Phi) is 4.57. The van der Waals surface area contributed by atoms with Gasteiger partial charge in [-0.25, -0.2) is 4.39 Å². The van der Waals surface area contributed by atoms with Crippen molar-refractivity contribution in [2.45, 2.75) is 6.54 Å². The van der Waals surface area contributed by atoms with E-state index in [0.29, 0.717) is 15.7 Å². The molecule has 1 N–H and O–H groups in total. The van der Waals surface area contributed by atoms with Gasteiger partial charge in [-0.2, -0.15) is 0 Å². The predicted octanol–water partition coefficient (Wildman–Crippen LogP) is 4.76. The van der Waals surface area contributed by atoms with Crippen LogP contribution < -0.4 is 5.32 Å². The minimum absolute atomic E-state index is 0.0748. The molecule has 0 aliphatic rings. The number of benzene rings is 2. The van der Waals surface area contributed by atoms with Crippen LogP contribution in [0.4, 0.5) is 15.8 Å². The summed E-state index contributed by atoms with van der Waals surface area (Å²) in [5.41, 5.74) is 0.778. The minimum atomic E-state index is -0.551. The molecule has 0 saturated carbocycles. The van der Waals surface area contributed by atoms with E-state index in [1.54, 1.807) is 18.2 Å². The van der Waals surface area contributed by atoms with Crippen LogP contribution in [0, 0.1) is 15.9 Å². The van der Waals surface area contributed by atoms with Crippen molar-refractivity contribution in [1.82, 2.24) is 0 Å². The lowest BCUT2D eigenvalue weighted by Crippen LogP contribution is -2.03. The molecule has 0 fully saturated rings. The summed E-state index contributed by atoms with van der Waals surface area (Å²) in [6.07, 6.45) is 0. The molecule has 0 heterocycles. The van der Waals surface area contributed by atoms with E-state index in [9.17, 15) is 14.5 Å². The van der Waals surface area contributed by atoms with Crippen LogP contribution in [0.25, 0.3) is 0 Å². The first kappa shape index (κ1) is 14.7. The van der Waals surface area contributed by atoms with E-state index in [2.05, 4.69) is 21.2 Å². The maximum atomic E-state index is 13.6. The molecule has 0 amide bonds. The number of para-hydroxylation sites is 1. The number of nitro benzene ring substituents is 1. The van der Waals surface area contributed by atoms with Crippen molar-refractivity contribution in [3.05, 3.63) is 67.4 Å². The number of anilines is 1. The molecule has 0 aromatic heterocycles. The fourth-order valence-corrected chi connectivity index (χ4v) is 2.33. The molecule has 0 saturated heterocycles. The maximum absolute atomic E-state index is 13.6. The van der Waals surface area contributed by atoms with E-state index < -0.39 is 10.7 Å². The van der Waals surface area contributed by atoms with Gasteiger partial charge in [-0.1, -0.05) is 23.7 Å². The summed E-state index contributed by atoms with van der Waals surface area (Å²) in [7, 11) is 0. The van der Waals surface area contributed by atoms with Crippen LogP contribution in [-0.4, -0.2) is 4.92 Å². The number of rotatable bonds is 4. The van der Waals surface area contributed by atoms with Gasteiger partial charge in [0.2, 0.25) is 0 Å². The molecule has 2 aromatic carbocycles. The number of nitro groups is 1. The SMILES string of the molecule is O=[N+]([O-])c1cc(CNc2c(F)cccc2Br)ccc1Cl.